The van der Waals surface area contributed by atoms with Gasteiger partial charge in [0.05, 0.1) is 0 Å². The lowest BCUT2D eigenvalue weighted by molar-refractivity contribution is -0.104. The molecule has 0 spiro atoms. The molecule has 3 nitrogen and oxygen atoms in total. The molecule has 0 aromatic carbocycles. The summed E-state index contributed by atoms with van der Waals surface area (Å²) in [6.45, 7) is 6.56. The Balaban J connectivity index is 0. The molecule has 3 heteroatoms. The van der Waals surface area contributed by atoms with Crippen molar-refractivity contribution in [2.45, 2.75) is 6.29 Å². The van der Waals surface area contributed by atoms with Crippen molar-refractivity contribution < 1.29 is 14.3 Å². The Morgan fingerprint density at radius 1 is 1.27 bits per heavy atom. The van der Waals surface area contributed by atoms with E-state index in [1.165, 1.54) is 6.08 Å². The monoisotopic (exact) mass is 158 g/mol. The SMILES string of the molecule is C=CC(OC)OC.C=CC=O. The van der Waals surface area contributed by atoms with Crippen LogP contribution in [0, 0.1) is 0 Å². The van der Waals surface area contributed by atoms with E-state index in [0.717, 1.165) is 0 Å². The van der Waals surface area contributed by atoms with E-state index in [1.54, 1.807) is 20.3 Å². The molecule has 64 valence electrons. The van der Waals surface area contributed by atoms with Crippen molar-refractivity contribution >= 4 is 6.29 Å². The standard InChI is InChI=1S/C5H10O2.C3H4O/c1-4-5(6-2)7-3;1-2-3-4/h4-5H,1H2,2-3H3;2-3H,1H2. The Morgan fingerprint density at radius 3 is 1.64 bits per heavy atom. The van der Waals surface area contributed by atoms with E-state index in [1.807, 2.05) is 0 Å². The van der Waals surface area contributed by atoms with E-state index < -0.39 is 0 Å². The van der Waals surface area contributed by atoms with Gasteiger partial charge in [-0.25, -0.2) is 0 Å². The molecule has 11 heavy (non-hydrogen) atoms. The summed E-state index contributed by atoms with van der Waals surface area (Å²) >= 11 is 0. The van der Waals surface area contributed by atoms with Crippen molar-refractivity contribution in [1.29, 1.82) is 0 Å². The highest BCUT2D eigenvalue weighted by Crippen LogP contribution is 1.87. The molecule has 0 N–H and O–H groups in total. The molecule has 0 amide bonds. The molecule has 0 aliphatic carbocycles. The first kappa shape index (κ1) is 12.7. The maximum absolute atomic E-state index is 9.06. The second kappa shape index (κ2) is 11.8. The van der Waals surface area contributed by atoms with Crippen molar-refractivity contribution in [1.82, 2.24) is 0 Å². The maximum Gasteiger partial charge on any atom is 0.175 e. The van der Waals surface area contributed by atoms with Gasteiger partial charge in [-0.1, -0.05) is 13.2 Å². The van der Waals surface area contributed by atoms with E-state index in [2.05, 4.69) is 13.2 Å². The lowest BCUT2D eigenvalue weighted by Crippen LogP contribution is -2.07. The molecule has 0 aromatic rings. The highest BCUT2D eigenvalue weighted by molar-refractivity contribution is 5.63. The largest absolute Gasteiger partial charge is 0.352 e. The van der Waals surface area contributed by atoms with Gasteiger partial charge in [0.2, 0.25) is 0 Å². The zero-order valence-corrected chi connectivity index (χ0v) is 6.95. The van der Waals surface area contributed by atoms with Crippen LogP contribution >= 0.6 is 0 Å². The second-order valence-electron chi connectivity index (χ2n) is 1.45. The summed E-state index contributed by atoms with van der Waals surface area (Å²) < 4.78 is 9.42. The van der Waals surface area contributed by atoms with Crippen LogP contribution in [0.3, 0.4) is 0 Å². The van der Waals surface area contributed by atoms with Gasteiger partial charge in [0.15, 0.2) is 6.29 Å². The summed E-state index contributed by atoms with van der Waals surface area (Å²) in [5, 5.41) is 0. The van der Waals surface area contributed by atoms with Crippen LogP contribution in [0.2, 0.25) is 0 Å². The molecule has 0 radical (unpaired) electrons. The minimum Gasteiger partial charge on any atom is -0.352 e. The highest BCUT2D eigenvalue weighted by atomic mass is 16.7. The fraction of sp³-hybridized carbons (Fsp3) is 0.375. The number of methoxy groups -OCH3 is 2. The Kier molecular flexibility index (Phi) is 13.7. The van der Waals surface area contributed by atoms with Crippen LogP contribution in [0.4, 0.5) is 0 Å². The fourth-order valence-electron chi connectivity index (χ4n) is 0.289. The quantitative estimate of drug-likeness (QED) is 0.266. The van der Waals surface area contributed by atoms with Crippen molar-refractivity contribution in [3.63, 3.8) is 0 Å². The van der Waals surface area contributed by atoms with Gasteiger partial charge in [-0.3, -0.25) is 4.79 Å². The molecular formula is C8H14O3. The minimum absolute atomic E-state index is 0.250. The molecule has 0 saturated carbocycles. The first-order valence-corrected chi connectivity index (χ1v) is 3.01. The Hall–Kier alpha value is -0.930. The molecule has 0 saturated heterocycles. The van der Waals surface area contributed by atoms with E-state index >= 15 is 0 Å². The van der Waals surface area contributed by atoms with Gasteiger partial charge in [0.1, 0.15) is 6.29 Å². The highest BCUT2D eigenvalue weighted by Gasteiger charge is 1.92. The Labute approximate surface area is 67.3 Å². The van der Waals surface area contributed by atoms with Gasteiger partial charge < -0.3 is 9.47 Å². The number of hydrogen-bond donors (Lipinski definition) is 0. The van der Waals surface area contributed by atoms with Gasteiger partial charge in [0, 0.05) is 14.2 Å². The molecule has 0 aliphatic rings. The van der Waals surface area contributed by atoms with Crippen molar-refractivity contribution in [2.75, 3.05) is 14.2 Å². The van der Waals surface area contributed by atoms with E-state index in [4.69, 9.17) is 14.3 Å². The van der Waals surface area contributed by atoms with Crippen LogP contribution in [0.15, 0.2) is 25.3 Å². The van der Waals surface area contributed by atoms with Crippen LogP contribution in [-0.4, -0.2) is 26.8 Å². The normalized spacial score (nSPS) is 7.91. The summed E-state index contributed by atoms with van der Waals surface area (Å²) in [6.07, 6.45) is 3.17. The molecular weight excluding hydrogens is 144 g/mol. The molecule has 0 aromatic heterocycles. The van der Waals surface area contributed by atoms with Gasteiger partial charge >= 0.3 is 0 Å². The molecule has 0 unspecified atom stereocenters. The number of hydrogen-bond acceptors (Lipinski definition) is 3. The number of rotatable bonds is 4. The van der Waals surface area contributed by atoms with Gasteiger partial charge in [-0.2, -0.15) is 0 Å². The number of allylic oxidation sites excluding steroid dienone is 1. The fourth-order valence-corrected chi connectivity index (χ4v) is 0.289. The number of aldehydes is 1. The number of ether oxygens (including phenoxy) is 2. The average Bonchev–Trinajstić information content (AvgIpc) is 2.08. The lowest BCUT2D eigenvalue weighted by Gasteiger charge is -2.04. The van der Waals surface area contributed by atoms with E-state index in [0.29, 0.717) is 6.29 Å². The zero-order chi connectivity index (χ0) is 9.11. The van der Waals surface area contributed by atoms with Crippen LogP contribution in [-0.2, 0) is 14.3 Å². The van der Waals surface area contributed by atoms with Crippen LogP contribution in [0.1, 0.15) is 0 Å². The van der Waals surface area contributed by atoms with Crippen LogP contribution in [0.5, 0.6) is 0 Å². The minimum atomic E-state index is -0.250. The van der Waals surface area contributed by atoms with E-state index in [9.17, 15) is 0 Å². The maximum atomic E-state index is 9.06. The summed E-state index contributed by atoms with van der Waals surface area (Å²) in [5.41, 5.74) is 0. The van der Waals surface area contributed by atoms with Crippen LogP contribution < -0.4 is 0 Å². The zero-order valence-electron chi connectivity index (χ0n) is 6.95. The molecule has 0 bridgehead atoms. The molecule has 0 atom stereocenters. The topological polar surface area (TPSA) is 35.5 Å². The molecule has 0 fully saturated rings. The third kappa shape index (κ3) is 12.3. The smallest absolute Gasteiger partial charge is 0.175 e. The van der Waals surface area contributed by atoms with Crippen molar-refractivity contribution in [3.05, 3.63) is 25.3 Å². The molecule has 0 aliphatic heterocycles. The van der Waals surface area contributed by atoms with Crippen LogP contribution in [0.25, 0.3) is 0 Å². The summed E-state index contributed by atoms with van der Waals surface area (Å²) in [4.78, 5) is 9.06. The predicted octanol–water partition coefficient (Wildman–Crippen LogP) is 1.16. The van der Waals surface area contributed by atoms with E-state index in [-0.39, 0.29) is 6.29 Å². The Bertz CT molecular complexity index is 99.9. The van der Waals surface area contributed by atoms with Crippen molar-refractivity contribution in [2.24, 2.45) is 0 Å². The third-order valence-electron chi connectivity index (χ3n) is 0.753. The first-order valence-electron chi connectivity index (χ1n) is 3.01. The third-order valence-corrected chi connectivity index (χ3v) is 0.753. The number of carbonyl (C=O) groups is 1. The van der Waals surface area contributed by atoms with Crippen molar-refractivity contribution in [3.8, 4) is 0 Å². The predicted molar refractivity (Wildman–Crippen MR) is 44.3 cm³/mol. The van der Waals surface area contributed by atoms with Gasteiger partial charge in [0.25, 0.3) is 0 Å². The first-order chi connectivity index (χ1) is 5.26. The summed E-state index contributed by atoms with van der Waals surface area (Å²) in [6, 6.07) is 0. The molecule has 0 rings (SSSR count). The molecule has 0 heterocycles. The Morgan fingerprint density at radius 2 is 1.64 bits per heavy atom. The number of carbonyl (C=O) groups excluding carboxylic acids is 1. The summed E-state index contributed by atoms with van der Waals surface area (Å²) in [5.74, 6) is 0. The average molecular weight is 158 g/mol. The van der Waals surface area contributed by atoms with Gasteiger partial charge in [-0.05, 0) is 12.2 Å². The summed E-state index contributed by atoms with van der Waals surface area (Å²) in [7, 11) is 3.13. The second-order valence-corrected chi connectivity index (χ2v) is 1.45. The van der Waals surface area contributed by atoms with Gasteiger partial charge in [-0.15, -0.1) is 0 Å². The lowest BCUT2D eigenvalue weighted by atomic mass is 10.6.